The van der Waals surface area contributed by atoms with Crippen LogP contribution in [-0.4, -0.2) is 56.0 Å². The molecule has 8 nitrogen and oxygen atoms in total. The summed E-state index contributed by atoms with van der Waals surface area (Å²) in [6.45, 7) is 2.71. The molecule has 2 aliphatic heterocycles. The number of hydrogen-bond acceptors (Lipinski definition) is 5. The Labute approximate surface area is 174 Å². The van der Waals surface area contributed by atoms with E-state index in [1.54, 1.807) is 34.1 Å². The van der Waals surface area contributed by atoms with Gasteiger partial charge in [0, 0.05) is 38.2 Å². The molecular formula is C22H23N5O3. The Morgan fingerprint density at radius 3 is 2.77 bits per heavy atom. The summed E-state index contributed by atoms with van der Waals surface area (Å²) < 4.78 is 7.49. The quantitative estimate of drug-likeness (QED) is 0.650. The molecule has 0 saturated carbocycles. The number of aromatic nitrogens is 3. The molecule has 3 aromatic heterocycles. The fraction of sp³-hybridized carbons (Fsp3) is 0.364. The summed E-state index contributed by atoms with van der Waals surface area (Å²) in [5, 5.41) is 4.15. The first-order valence-corrected chi connectivity index (χ1v) is 10.2. The van der Waals surface area contributed by atoms with Crippen molar-refractivity contribution in [1.82, 2.24) is 24.6 Å². The van der Waals surface area contributed by atoms with Gasteiger partial charge in [-0.15, -0.1) is 0 Å². The molecule has 30 heavy (non-hydrogen) atoms. The van der Waals surface area contributed by atoms with Crippen molar-refractivity contribution in [3.8, 4) is 0 Å². The molecule has 2 fully saturated rings. The molecule has 2 saturated heterocycles. The van der Waals surface area contributed by atoms with Crippen molar-refractivity contribution in [2.75, 3.05) is 19.6 Å². The molecule has 3 aromatic rings. The van der Waals surface area contributed by atoms with E-state index in [0.717, 1.165) is 12.1 Å². The predicted molar refractivity (Wildman–Crippen MR) is 107 cm³/mol. The Balaban J connectivity index is 1.24. The minimum Gasteiger partial charge on any atom is -0.454 e. The van der Waals surface area contributed by atoms with Crippen LogP contribution in [0.25, 0.3) is 0 Å². The van der Waals surface area contributed by atoms with Crippen molar-refractivity contribution in [2.24, 2.45) is 5.41 Å². The molecule has 0 N–H and O–H groups in total. The predicted octanol–water partition coefficient (Wildman–Crippen LogP) is 2.18. The Hall–Kier alpha value is -3.42. The number of nitrogens with zero attached hydrogens (tertiary/aromatic N) is 5. The first-order valence-electron chi connectivity index (χ1n) is 10.2. The highest BCUT2D eigenvalue weighted by Crippen LogP contribution is 2.41. The van der Waals surface area contributed by atoms with Crippen LogP contribution in [0, 0.1) is 5.41 Å². The van der Waals surface area contributed by atoms with E-state index in [9.17, 15) is 9.59 Å². The van der Waals surface area contributed by atoms with E-state index in [1.807, 2.05) is 35.4 Å². The second-order valence-electron chi connectivity index (χ2n) is 8.02. The molecule has 0 bridgehead atoms. The Morgan fingerprint density at radius 2 is 1.97 bits per heavy atom. The van der Waals surface area contributed by atoms with Crippen LogP contribution in [0.2, 0.25) is 0 Å². The third kappa shape index (κ3) is 3.38. The van der Waals surface area contributed by atoms with Crippen LogP contribution in [0.3, 0.4) is 0 Å². The van der Waals surface area contributed by atoms with Gasteiger partial charge in [-0.1, -0.05) is 6.07 Å². The minimum atomic E-state index is -0.477. The number of carbonyl (C=O) groups is 2. The highest BCUT2D eigenvalue weighted by Gasteiger charge is 2.51. The maximum absolute atomic E-state index is 13.1. The van der Waals surface area contributed by atoms with Gasteiger partial charge in [0.1, 0.15) is 5.76 Å². The van der Waals surface area contributed by atoms with Gasteiger partial charge in [0.2, 0.25) is 5.91 Å². The first-order chi connectivity index (χ1) is 14.6. The maximum Gasteiger partial charge on any atom is 0.289 e. The number of amides is 2. The lowest BCUT2D eigenvalue weighted by Gasteiger charge is -2.23. The topological polar surface area (TPSA) is 84.5 Å². The van der Waals surface area contributed by atoms with Crippen molar-refractivity contribution in [3.05, 3.63) is 72.2 Å². The van der Waals surface area contributed by atoms with Gasteiger partial charge in [-0.3, -0.25) is 19.3 Å². The maximum atomic E-state index is 13.1. The van der Waals surface area contributed by atoms with E-state index in [0.29, 0.717) is 50.7 Å². The van der Waals surface area contributed by atoms with Crippen molar-refractivity contribution in [3.63, 3.8) is 0 Å². The minimum absolute atomic E-state index is 0.127. The lowest BCUT2D eigenvalue weighted by Crippen LogP contribution is -2.38. The molecule has 1 unspecified atom stereocenters. The van der Waals surface area contributed by atoms with Gasteiger partial charge in [-0.2, -0.15) is 5.10 Å². The normalized spacial score (nSPS) is 21.1. The lowest BCUT2D eigenvalue weighted by molar-refractivity contribution is -0.136. The third-order valence-corrected chi connectivity index (χ3v) is 6.07. The van der Waals surface area contributed by atoms with Gasteiger partial charge < -0.3 is 14.2 Å². The molecule has 2 aliphatic rings. The van der Waals surface area contributed by atoms with Gasteiger partial charge >= 0.3 is 0 Å². The van der Waals surface area contributed by atoms with E-state index in [2.05, 4.69) is 10.1 Å². The summed E-state index contributed by atoms with van der Waals surface area (Å²) in [4.78, 5) is 34.0. The zero-order valence-corrected chi connectivity index (χ0v) is 16.6. The van der Waals surface area contributed by atoms with E-state index in [1.165, 1.54) is 0 Å². The van der Waals surface area contributed by atoms with Gasteiger partial charge in [0.15, 0.2) is 5.76 Å². The van der Waals surface area contributed by atoms with E-state index < -0.39 is 5.41 Å². The van der Waals surface area contributed by atoms with Crippen LogP contribution in [0.1, 0.15) is 34.9 Å². The third-order valence-electron chi connectivity index (χ3n) is 6.07. The number of rotatable bonds is 5. The van der Waals surface area contributed by atoms with Gasteiger partial charge in [0.25, 0.3) is 5.91 Å². The largest absolute Gasteiger partial charge is 0.454 e. The second-order valence-corrected chi connectivity index (χ2v) is 8.02. The van der Waals surface area contributed by atoms with Gasteiger partial charge in [-0.05, 0) is 43.2 Å². The molecular weight excluding hydrogens is 382 g/mol. The molecule has 0 aliphatic carbocycles. The fourth-order valence-electron chi connectivity index (χ4n) is 4.44. The van der Waals surface area contributed by atoms with E-state index in [-0.39, 0.29) is 11.8 Å². The molecule has 5 rings (SSSR count). The van der Waals surface area contributed by atoms with Crippen molar-refractivity contribution in [1.29, 1.82) is 0 Å². The zero-order chi connectivity index (χ0) is 20.6. The second kappa shape index (κ2) is 7.44. The summed E-state index contributed by atoms with van der Waals surface area (Å²) in [6.07, 6.45) is 6.75. The van der Waals surface area contributed by atoms with Crippen LogP contribution in [0.4, 0.5) is 0 Å². The van der Waals surface area contributed by atoms with E-state index >= 15 is 0 Å². The number of likely N-dealkylation sites (tertiary alicyclic amines) is 2. The highest BCUT2D eigenvalue weighted by atomic mass is 16.4. The molecule has 8 heteroatoms. The fourth-order valence-corrected chi connectivity index (χ4v) is 4.44. The van der Waals surface area contributed by atoms with Crippen LogP contribution >= 0.6 is 0 Å². The van der Waals surface area contributed by atoms with E-state index in [4.69, 9.17) is 4.42 Å². The standard InChI is InChI=1S/C22H23N5O3/c28-20(19-6-5-18(30-19)15-27-11-3-10-24-27)26-13-8-22(16-26)7-12-25(21(22)29)14-17-4-1-2-9-23-17/h1-6,9-11H,7-8,12-16H2. The average molecular weight is 405 g/mol. The Bertz CT molecular complexity index is 1050. The van der Waals surface area contributed by atoms with Crippen LogP contribution in [0.15, 0.2) is 59.4 Å². The monoisotopic (exact) mass is 405 g/mol. The Morgan fingerprint density at radius 1 is 1.07 bits per heavy atom. The molecule has 0 aromatic carbocycles. The number of pyridine rings is 1. The van der Waals surface area contributed by atoms with Crippen LogP contribution in [0.5, 0.6) is 0 Å². The van der Waals surface area contributed by atoms with Gasteiger partial charge in [-0.25, -0.2) is 0 Å². The number of furan rings is 1. The van der Waals surface area contributed by atoms with Gasteiger partial charge in [0.05, 0.1) is 24.2 Å². The van der Waals surface area contributed by atoms with Crippen LogP contribution < -0.4 is 0 Å². The SMILES string of the molecule is O=C(c1ccc(Cn2cccn2)o1)N1CCC2(CCN(Cc3ccccn3)C2=O)C1. The summed E-state index contributed by atoms with van der Waals surface area (Å²) in [7, 11) is 0. The molecule has 1 spiro atoms. The number of carbonyl (C=O) groups excluding carboxylic acids is 2. The first kappa shape index (κ1) is 18.6. The molecule has 1 atom stereocenters. The summed E-state index contributed by atoms with van der Waals surface area (Å²) in [6, 6.07) is 11.1. The summed E-state index contributed by atoms with van der Waals surface area (Å²) >= 11 is 0. The van der Waals surface area contributed by atoms with Crippen LogP contribution in [-0.2, 0) is 17.9 Å². The van der Waals surface area contributed by atoms with Crippen molar-refractivity contribution >= 4 is 11.8 Å². The highest BCUT2D eigenvalue weighted by molar-refractivity contribution is 5.93. The molecule has 154 valence electrons. The van der Waals surface area contributed by atoms with Crippen molar-refractivity contribution < 1.29 is 14.0 Å². The average Bonchev–Trinajstić information content (AvgIpc) is 3.56. The molecule has 2 amide bonds. The summed E-state index contributed by atoms with van der Waals surface area (Å²) in [5.74, 6) is 0.955. The molecule has 0 radical (unpaired) electrons. The smallest absolute Gasteiger partial charge is 0.289 e. The van der Waals surface area contributed by atoms with Crippen molar-refractivity contribution in [2.45, 2.75) is 25.9 Å². The molecule has 5 heterocycles. The lowest BCUT2D eigenvalue weighted by atomic mass is 9.85. The number of hydrogen-bond donors (Lipinski definition) is 0. The summed E-state index contributed by atoms with van der Waals surface area (Å²) in [5.41, 5.74) is 0.406. The zero-order valence-electron chi connectivity index (χ0n) is 16.6. The Kier molecular flexibility index (Phi) is 4.61.